The predicted octanol–water partition coefficient (Wildman–Crippen LogP) is 2.09. The fourth-order valence-electron chi connectivity index (χ4n) is 2.11. The lowest BCUT2D eigenvalue weighted by Gasteiger charge is -2.17. The number of hydrogen-bond acceptors (Lipinski definition) is 3. The summed E-state index contributed by atoms with van der Waals surface area (Å²) in [6.07, 6.45) is 3.49. The summed E-state index contributed by atoms with van der Waals surface area (Å²) >= 11 is 5.72. The number of amides is 1. The molecular formula is C15H17ClFN3O2. The van der Waals surface area contributed by atoms with E-state index in [9.17, 15) is 14.3 Å². The van der Waals surface area contributed by atoms with Crippen LogP contribution in [0.2, 0.25) is 5.02 Å². The molecule has 2 rings (SSSR count). The minimum atomic E-state index is -0.840. The first kappa shape index (κ1) is 16.5. The average molecular weight is 326 g/mol. The molecule has 1 heterocycles. The summed E-state index contributed by atoms with van der Waals surface area (Å²) in [6.45, 7) is 2.24. The first-order chi connectivity index (χ1) is 10.5. The highest BCUT2D eigenvalue weighted by atomic mass is 35.5. The second kappa shape index (κ2) is 7.38. The number of aliphatic hydroxyl groups is 1. The molecule has 7 heteroatoms. The standard InChI is InChI=1S/C15H17ClFN3O2/c1-2-20-8-10(7-18-20)6-14(22)19-13(9-21)11-4-3-5-12(16)15(11)17/h3-5,7-8,13,21H,2,6,9H2,1H3,(H,19,22). The summed E-state index contributed by atoms with van der Waals surface area (Å²) in [5.41, 5.74) is 0.912. The van der Waals surface area contributed by atoms with Crippen LogP contribution >= 0.6 is 11.6 Å². The smallest absolute Gasteiger partial charge is 0.225 e. The molecule has 1 aromatic carbocycles. The number of nitrogens with one attached hydrogen (secondary N) is 1. The average Bonchev–Trinajstić information content (AvgIpc) is 2.95. The van der Waals surface area contributed by atoms with Crippen LogP contribution in [-0.4, -0.2) is 27.4 Å². The number of carbonyl (C=O) groups excluding carboxylic acids is 1. The minimum Gasteiger partial charge on any atom is -0.394 e. The Labute approximate surface area is 132 Å². The van der Waals surface area contributed by atoms with Crippen LogP contribution in [0.4, 0.5) is 4.39 Å². The molecule has 118 valence electrons. The normalized spacial score (nSPS) is 12.2. The summed E-state index contributed by atoms with van der Waals surface area (Å²) in [5.74, 6) is -0.962. The van der Waals surface area contributed by atoms with Gasteiger partial charge in [0.05, 0.1) is 30.3 Å². The Morgan fingerprint density at radius 1 is 1.55 bits per heavy atom. The fourth-order valence-corrected chi connectivity index (χ4v) is 2.29. The highest BCUT2D eigenvalue weighted by molar-refractivity contribution is 6.30. The molecule has 0 radical (unpaired) electrons. The van der Waals surface area contributed by atoms with Crippen LogP contribution < -0.4 is 5.32 Å². The molecule has 0 aliphatic carbocycles. The van der Waals surface area contributed by atoms with Gasteiger partial charge in [-0.15, -0.1) is 0 Å². The van der Waals surface area contributed by atoms with Gasteiger partial charge in [-0.3, -0.25) is 9.48 Å². The largest absolute Gasteiger partial charge is 0.394 e. The molecule has 0 aliphatic heterocycles. The molecule has 2 aromatic rings. The van der Waals surface area contributed by atoms with Crippen molar-refractivity contribution < 1.29 is 14.3 Å². The molecule has 5 nitrogen and oxygen atoms in total. The molecule has 1 unspecified atom stereocenters. The van der Waals surface area contributed by atoms with Crippen molar-refractivity contribution in [2.24, 2.45) is 0 Å². The molecule has 1 aromatic heterocycles. The number of aromatic nitrogens is 2. The van der Waals surface area contributed by atoms with Crippen molar-refractivity contribution >= 4 is 17.5 Å². The maximum Gasteiger partial charge on any atom is 0.225 e. The monoisotopic (exact) mass is 325 g/mol. The number of nitrogens with zero attached hydrogens (tertiary/aromatic N) is 2. The number of hydrogen-bond donors (Lipinski definition) is 2. The van der Waals surface area contributed by atoms with Gasteiger partial charge >= 0.3 is 0 Å². The number of halogens is 2. The van der Waals surface area contributed by atoms with E-state index in [1.165, 1.54) is 12.1 Å². The van der Waals surface area contributed by atoms with Crippen LogP contribution in [0.1, 0.15) is 24.1 Å². The van der Waals surface area contributed by atoms with E-state index in [0.29, 0.717) is 6.54 Å². The second-order valence-electron chi connectivity index (χ2n) is 4.83. The van der Waals surface area contributed by atoms with E-state index in [1.807, 2.05) is 6.92 Å². The molecule has 0 saturated heterocycles. The van der Waals surface area contributed by atoms with Gasteiger partial charge in [0.25, 0.3) is 0 Å². The van der Waals surface area contributed by atoms with E-state index < -0.39 is 18.5 Å². The van der Waals surface area contributed by atoms with Gasteiger partial charge in [-0.25, -0.2) is 4.39 Å². The Morgan fingerprint density at radius 3 is 2.95 bits per heavy atom. The summed E-state index contributed by atoms with van der Waals surface area (Å²) in [4.78, 5) is 12.0. The van der Waals surface area contributed by atoms with Crippen LogP contribution in [0.5, 0.6) is 0 Å². The summed E-state index contributed by atoms with van der Waals surface area (Å²) in [7, 11) is 0. The van der Waals surface area contributed by atoms with Crippen LogP contribution in [0, 0.1) is 5.82 Å². The maximum absolute atomic E-state index is 14.0. The summed E-state index contributed by atoms with van der Waals surface area (Å²) < 4.78 is 15.7. The molecule has 0 fully saturated rings. The predicted molar refractivity (Wildman–Crippen MR) is 81.0 cm³/mol. The van der Waals surface area contributed by atoms with Crippen molar-refractivity contribution in [2.75, 3.05) is 6.61 Å². The van der Waals surface area contributed by atoms with Crippen molar-refractivity contribution in [3.05, 3.63) is 52.6 Å². The first-order valence-corrected chi connectivity index (χ1v) is 7.28. The van der Waals surface area contributed by atoms with Gasteiger partial charge in [-0.05, 0) is 18.6 Å². The lowest BCUT2D eigenvalue weighted by atomic mass is 10.1. The van der Waals surface area contributed by atoms with Gasteiger partial charge in [0, 0.05) is 18.3 Å². The molecule has 1 amide bonds. The van der Waals surface area contributed by atoms with Gasteiger partial charge in [0.15, 0.2) is 0 Å². The Hall–Kier alpha value is -1.92. The Balaban J connectivity index is 2.06. The zero-order valence-corrected chi connectivity index (χ0v) is 12.8. The molecule has 0 spiro atoms. The van der Waals surface area contributed by atoms with E-state index in [4.69, 9.17) is 11.6 Å². The Morgan fingerprint density at radius 2 is 2.32 bits per heavy atom. The van der Waals surface area contributed by atoms with Crippen molar-refractivity contribution in [1.29, 1.82) is 0 Å². The zero-order chi connectivity index (χ0) is 16.1. The Kier molecular flexibility index (Phi) is 5.51. The zero-order valence-electron chi connectivity index (χ0n) is 12.1. The third-order valence-electron chi connectivity index (χ3n) is 3.25. The van der Waals surface area contributed by atoms with Gasteiger partial charge in [0.2, 0.25) is 5.91 Å². The van der Waals surface area contributed by atoms with Gasteiger partial charge in [-0.1, -0.05) is 23.7 Å². The lowest BCUT2D eigenvalue weighted by molar-refractivity contribution is -0.121. The summed E-state index contributed by atoms with van der Waals surface area (Å²) in [5, 5.41) is 16.0. The van der Waals surface area contributed by atoms with Crippen LogP contribution in [0.15, 0.2) is 30.6 Å². The second-order valence-corrected chi connectivity index (χ2v) is 5.23. The van der Waals surface area contributed by atoms with Crippen molar-refractivity contribution in [1.82, 2.24) is 15.1 Å². The number of carbonyl (C=O) groups is 1. The minimum absolute atomic E-state index is 0.0468. The fraction of sp³-hybridized carbons (Fsp3) is 0.333. The van der Waals surface area contributed by atoms with Crippen molar-refractivity contribution in [2.45, 2.75) is 25.9 Å². The molecule has 22 heavy (non-hydrogen) atoms. The number of benzene rings is 1. The Bertz CT molecular complexity index is 660. The van der Waals surface area contributed by atoms with Crippen LogP contribution in [0.3, 0.4) is 0 Å². The molecule has 0 saturated carbocycles. The molecule has 0 aliphatic rings. The topological polar surface area (TPSA) is 67.2 Å². The number of aryl methyl sites for hydroxylation is 1. The number of aliphatic hydroxyl groups excluding tert-OH is 1. The van der Waals surface area contributed by atoms with Crippen LogP contribution in [-0.2, 0) is 17.8 Å². The van der Waals surface area contributed by atoms with E-state index in [0.717, 1.165) is 5.56 Å². The van der Waals surface area contributed by atoms with Crippen molar-refractivity contribution in [3.63, 3.8) is 0 Å². The molecule has 0 bridgehead atoms. The summed E-state index contributed by atoms with van der Waals surface area (Å²) in [6, 6.07) is 3.63. The van der Waals surface area contributed by atoms with Gasteiger partial charge in [0.1, 0.15) is 5.82 Å². The van der Waals surface area contributed by atoms with E-state index >= 15 is 0 Å². The molecular weight excluding hydrogens is 309 g/mol. The molecule has 1 atom stereocenters. The molecule has 2 N–H and O–H groups in total. The first-order valence-electron chi connectivity index (χ1n) is 6.90. The SMILES string of the molecule is CCn1cc(CC(=O)NC(CO)c2cccc(Cl)c2F)cn1. The third kappa shape index (κ3) is 3.84. The van der Waals surface area contributed by atoms with Gasteiger partial charge in [-0.2, -0.15) is 5.10 Å². The van der Waals surface area contributed by atoms with Crippen LogP contribution in [0.25, 0.3) is 0 Å². The van der Waals surface area contributed by atoms with Gasteiger partial charge < -0.3 is 10.4 Å². The highest BCUT2D eigenvalue weighted by Gasteiger charge is 2.19. The highest BCUT2D eigenvalue weighted by Crippen LogP contribution is 2.23. The van der Waals surface area contributed by atoms with E-state index in [2.05, 4.69) is 10.4 Å². The quantitative estimate of drug-likeness (QED) is 0.854. The number of rotatable bonds is 6. The van der Waals surface area contributed by atoms with Crippen molar-refractivity contribution in [3.8, 4) is 0 Å². The third-order valence-corrected chi connectivity index (χ3v) is 3.54. The maximum atomic E-state index is 14.0. The lowest BCUT2D eigenvalue weighted by Crippen LogP contribution is -2.32. The van der Waals surface area contributed by atoms with E-state index in [1.54, 1.807) is 23.1 Å². The van der Waals surface area contributed by atoms with E-state index in [-0.39, 0.29) is 22.9 Å².